The maximum Gasteiger partial charge on any atom is 0.184 e. The molecule has 0 heterocycles. The van der Waals surface area contributed by atoms with E-state index >= 15 is 0 Å². The Bertz CT molecular complexity index is 230. The molecule has 0 aromatic carbocycles. The highest BCUT2D eigenvalue weighted by Crippen LogP contribution is 2.45. The number of halogens is 3. The first-order valence-corrected chi connectivity index (χ1v) is 8.74. The van der Waals surface area contributed by atoms with Crippen molar-refractivity contribution < 1.29 is 4.43 Å². The Morgan fingerprint density at radius 1 is 1.23 bits per heavy atom. The molecule has 0 aromatic rings. The molecular weight excluding hydrogens is 247 g/mol. The van der Waals surface area contributed by atoms with Gasteiger partial charge in [0.25, 0.3) is 0 Å². The number of hydrogen-bond acceptors (Lipinski definition) is 1. The quantitative estimate of drug-likeness (QED) is 0.693. The van der Waals surface area contributed by atoms with Crippen LogP contribution in [0.5, 0.6) is 0 Å². The van der Waals surface area contributed by atoms with E-state index in [1.807, 2.05) is 0 Å². The van der Waals surface area contributed by atoms with Gasteiger partial charge < -0.3 is 4.43 Å². The fourth-order valence-electron chi connectivity index (χ4n) is 1.16. The molecule has 0 bridgehead atoms. The van der Waals surface area contributed by atoms with Crippen LogP contribution in [-0.2, 0) is 4.43 Å². The van der Waals surface area contributed by atoms with Crippen LogP contribution >= 0.6 is 34.8 Å². The monoisotopic (exact) mass is 258 g/mol. The van der Waals surface area contributed by atoms with E-state index in [-0.39, 0.29) is 16.5 Å². The lowest BCUT2D eigenvalue weighted by Gasteiger charge is -2.16. The third-order valence-electron chi connectivity index (χ3n) is 1.74. The first kappa shape index (κ1) is 11.9. The average Bonchev–Trinajstić information content (AvgIpc) is 2.62. The van der Waals surface area contributed by atoms with Crippen molar-refractivity contribution in [3.8, 4) is 0 Å². The minimum absolute atomic E-state index is 0.174. The summed E-state index contributed by atoms with van der Waals surface area (Å²) in [5.74, 6) is 0.235. The molecule has 0 aliphatic heterocycles. The molecule has 2 atom stereocenters. The molecule has 0 N–H and O–H groups in total. The van der Waals surface area contributed by atoms with Crippen molar-refractivity contribution in [3.63, 3.8) is 0 Å². The second kappa shape index (κ2) is 4.11. The molecule has 1 saturated carbocycles. The fraction of sp³-hybridized carbons (Fsp3) is 0.750. The molecule has 13 heavy (non-hydrogen) atoms. The molecule has 0 unspecified atom stereocenters. The summed E-state index contributed by atoms with van der Waals surface area (Å²) in [4.78, 5) is 0. The Balaban J connectivity index is 2.44. The van der Waals surface area contributed by atoms with Gasteiger partial charge in [-0.25, -0.2) is 0 Å². The van der Waals surface area contributed by atoms with Crippen molar-refractivity contribution in [2.24, 2.45) is 5.92 Å². The maximum atomic E-state index is 5.89. The molecule has 0 spiro atoms. The summed E-state index contributed by atoms with van der Waals surface area (Å²) in [6.45, 7) is 6.47. The van der Waals surface area contributed by atoms with Crippen LogP contribution in [-0.4, -0.2) is 14.4 Å². The second-order valence-corrected chi connectivity index (χ2v) is 10.0. The molecule has 5 heteroatoms. The SMILES string of the molecule is C[Si](C)(C)O[C@H]1C[C@@H]1C(Cl)=C(Cl)Cl. The van der Waals surface area contributed by atoms with E-state index in [0.29, 0.717) is 5.03 Å². The third kappa shape index (κ3) is 3.80. The van der Waals surface area contributed by atoms with Crippen LogP contribution < -0.4 is 0 Å². The summed E-state index contributed by atoms with van der Waals surface area (Å²) in [6.07, 6.45) is 1.19. The van der Waals surface area contributed by atoms with E-state index in [9.17, 15) is 0 Å². The smallest absolute Gasteiger partial charge is 0.184 e. The van der Waals surface area contributed by atoms with Gasteiger partial charge >= 0.3 is 0 Å². The molecule has 76 valence electrons. The van der Waals surface area contributed by atoms with Gasteiger partial charge in [-0.1, -0.05) is 34.8 Å². The van der Waals surface area contributed by atoms with Gasteiger partial charge in [0.1, 0.15) is 4.49 Å². The summed E-state index contributed by atoms with van der Waals surface area (Å²) in [5, 5.41) is 0.548. The van der Waals surface area contributed by atoms with Gasteiger partial charge in [-0.2, -0.15) is 0 Å². The van der Waals surface area contributed by atoms with Crippen molar-refractivity contribution in [1.82, 2.24) is 0 Å². The molecule has 0 saturated heterocycles. The lowest BCUT2D eigenvalue weighted by Crippen LogP contribution is -2.27. The van der Waals surface area contributed by atoms with Crippen LogP contribution in [0.3, 0.4) is 0 Å². The van der Waals surface area contributed by atoms with Crippen molar-refractivity contribution in [1.29, 1.82) is 0 Å². The molecule has 1 aliphatic carbocycles. The standard InChI is InChI=1S/C8H13Cl3OSi/c1-13(2,3)12-6-4-5(6)7(9)8(10)11/h5-6H,4H2,1-3H3/t5-,6-/m0/s1. The highest BCUT2D eigenvalue weighted by molar-refractivity contribution is 6.69. The molecule has 1 aliphatic rings. The molecular formula is C8H13Cl3OSi. The minimum Gasteiger partial charge on any atom is -0.414 e. The summed E-state index contributed by atoms with van der Waals surface area (Å²) in [5.41, 5.74) is 0. The zero-order valence-corrected chi connectivity index (χ0v) is 11.2. The minimum atomic E-state index is -1.45. The van der Waals surface area contributed by atoms with E-state index in [1.54, 1.807) is 0 Å². The van der Waals surface area contributed by atoms with E-state index in [2.05, 4.69) is 19.6 Å². The van der Waals surface area contributed by atoms with E-state index in [0.717, 1.165) is 6.42 Å². The zero-order valence-electron chi connectivity index (χ0n) is 7.90. The van der Waals surface area contributed by atoms with Gasteiger partial charge in [0.2, 0.25) is 0 Å². The van der Waals surface area contributed by atoms with Gasteiger partial charge in [-0.3, -0.25) is 0 Å². The number of hydrogen-bond donors (Lipinski definition) is 0. The Kier molecular flexibility index (Phi) is 3.75. The topological polar surface area (TPSA) is 9.23 Å². The van der Waals surface area contributed by atoms with Crippen LogP contribution in [0.15, 0.2) is 9.52 Å². The summed E-state index contributed by atoms with van der Waals surface area (Å²) in [7, 11) is -1.45. The van der Waals surface area contributed by atoms with Crippen LogP contribution in [0, 0.1) is 5.92 Å². The van der Waals surface area contributed by atoms with Crippen LogP contribution in [0.1, 0.15) is 6.42 Å². The fourth-order valence-corrected chi connectivity index (χ4v) is 2.84. The van der Waals surface area contributed by atoms with Gasteiger partial charge in [-0.15, -0.1) is 0 Å². The summed E-state index contributed by atoms with van der Waals surface area (Å²) in [6, 6.07) is 0. The average molecular weight is 260 g/mol. The Labute approximate surface area is 95.1 Å². The molecule has 1 nitrogen and oxygen atoms in total. The molecule has 0 amide bonds. The predicted octanol–water partition coefficient (Wildman–Crippen LogP) is 4.11. The zero-order chi connectivity index (χ0) is 10.2. The molecule has 0 aromatic heterocycles. The molecule has 0 radical (unpaired) electrons. The first-order valence-electron chi connectivity index (χ1n) is 4.20. The normalized spacial score (nSPS) is 27.2. The van der Waals surface area contributed by atoms with E-state index in [1.165, 1.54) is 0 Å². The first-order chi connectivity index (χ1) is 5.81. The third-order valence-corrected chi connectivity index (χ3v) is 3.82. The molecule has 1 fully saturated rings. The van der Waals surface area contributed by atoms with Crippen LogP contribution in [0.4, 0.5) is 0 Å². The predicted molar refractivity (Wildman–Crippen MR) is 60.9 cm³/mol. The van der Waals surface area contributed by atoms with Crippen molar-refractivity contribution in [2.75, 3.05) is 0 Å². The second-order valence-electron chi connectivity index (χ2n) is 4.22. The van der Waals surface area contributed by atoms with Crippen LogP contribution in [0.25, 0.3) is 0 Å². The number of rotatable bonds is 3. The van der Waals surface area contributed by atoms with Crippen molar-refractivity contribution >= 4 is 43.1 Å². The maximum absolute atomic E-state index is 5.89. The Morgan fingerprint density at radius 2 is 1.77 bits per heavy atom. The largest absolute Gasteiger partial charge is 0.414 e. The van der Waals surface area contributed by atoms with Gasteiger partial charge in [0.15, 0.2) is 8.32 Å². The molecule has 1 rings (SSSR count). The van der Waals surface area contributed by atoms with Gasteiger partial charge in [0.05, 0.1) is 11.1 Å². The van der Waals surface area contributed by atoms with Gasteiger partial charge in [-0.05, 0) is 26.1 Å². The Hall–Kier alpha value is 0.787. The Morgan fingerprint density at radius 3 is 2.15 bits per heavy atom. The van der Waals surface area contributed by atoms with Crippen LogP contribution in [0.2, 0.25) is 19.6 Å². The highest BCUT2D eigenvalue weighted by Gasteiger charge is 2.43. The summed E-state index contributed by atoms with van der Waals surface area (Å²) < 4.78 is 6.01. The highest BCUT2D eigenvalue weighted by atomic mass is 35.5. The van der Waals surface area contributed by atoms with Crippen molar-refractivity contribution in [2.45, 2.75) is 32.2 Å². The lowest BCUT2D eigenvalue weighted by molar-refractivity contribution is 0.285. The lowest BCUT2D eigenvalue weighted by atomic mass is 10.4. The van der Waals surface area contributed by atoms with Crippen molar-refractivity contribution in [3.05, 3.63) is 9.52 Å². The van der Waals surface area contributed by atoms with E-state index < -0.39 is 8.32 Å². The van der Waals surface area contributed by atoms with Gasteiger partial charge in [0, 0.05) is 5.92 Å². The van der Waals surface area contributed by atoms with E-state index in [4.69, 9.17) is 39.2 Å². The summed E-state index contributed by atoms with van der Waals surface area (Å²) >= 11 is 17.0.